The summed E-state index contributed by atoms with van der Waals surface area (Å²) in [4.78, 5) is 10.4. The number of amides is 1. The van der Waals surface area contributed by atoms with Gasteiger partial charge in [0, 0.05) is 0 Å². The van der Waals surface area contributed by atoms with Gasteiger partial charge >= 0.3 is 68.1 Å². The van der Waals surface area contributed by atoms with Crippen molar-refractivity contribution in [1.82, 2.24) is 0 Å². The fraction of sp³-hybridized carbons (Fsp3) is 0. The van der Waals surface area contributed by atoms with Gasteiger partial charge in [-0.25, -0.2) is 0 Å². The predicted octanol–water partition coefficient (Wildman–Crippen LogP) is 0.473. The van der Waals surface area contributed by atoms with E-state index in [0.29, 0.717) is 0 Å². The van der Waals surface area contributed by atoms with Crippen LogP contribution in [0.5, 0.6) is 0 Å². The van der Waals surface area contributed by atoms with Gasteiger partial charge in [-0.3, -0.25) is 0 Å². The van der Waals surface area contributed by atoms with Crippen molar-refractivity contribution in [2.24, 2.45) is 5.73 Å². The Labute approximate surface area is 68.3 Å². The molecule has 0 fully saturated rings. The number of benzene rings is 1. The summed E-state index contributed by atoms with van der Waals surface area (Å²) in [6.07, 6.45) is 0. The van der Waals surface area contributed by atoms with Crippen LogP contribution in [0.25, 0.3) is 0 Å². The Bertz CT molecular complexity index is 222. The second-order valence-corrected chi connectivity index (χ2v) is 3.92. The summed E-state index contributed by atoms with van der Waals surface area (Å²) in [5.41, 5.74) is 5.04. The van der Waals surface area contributed by atoms with E-state index in [1.165, 1.54) is 0 Å². The van der Waals surface area contributed by atoms with Crippen LogP contribution in [-0.4, -0.2) is 4.21 Å². The third kappa shape index (κ3) is 2.34. The van der Waals surface area contributed by atoms with Gasteiger partial charge in [-0.05, 0) is 0 Å². The molecule has 0 atom stereocenters. The Kier molecular flexibility index (Phi) is 2.66. The zero-order valence-corrected chi connectivity index (χ0v) is 6.93. The van der Waals surface area contributed by atoms with Crippen LogP contribution < -0.4 is 9.60 Å². The molecule has 0 saturated heterocycles. The van der Waals surface area contributed by atoms with Crippen LogP contribution in [0, 0.1) is 0 Å². The number of nitrogens with two attached hydrogens (primary N) is 1. The molecule has 0 unspecified atom stereocenters. The van der Waals surface area contributed by atoms with Gasteiger partial charge in [0.1, 0.15) is 0 Å². The van der Waals surface area contributed by atoms with Crippen LogP contribution >= 0.6 is 0 Å². The molecular weight excluding hydrogens is 162 g/mol. The molecule has 0 aliphatic heterocycles. The first kappa shape index (κ1) is 7.51. The number of hydrogen-bond donors (Lipinski definition) is 1. The third-order valence-electron chi connectivity index (χ3n) is 1.04. The van der Waals surface area contributed by atoms with Gasteiger partial charge in [0.05, 0.1) is 0 Å². The van der Waals surface area contributed by atoms with Crippen molar-refractivity contribution < 1.29 is 23.9 Å². The van der Waals surface area contributed by atoms with E-state index in [2.05, 4.69) is 0 Å². The van der Waals surface area contributed by atoms with Gasteiger partial charge in [-0.2, -0.15) is 0 Å². The maximum atomic E-state index is 10.4. The SMILES string of the molecule is N[C](=O)[Ti][c]1ccccc1. The molecule has 2 nitrogen and oxygen atoms in total. The first-order valence-electron chi connectivity index (χ1n) is 2.90. The monoisotopic (exact) mass is 169 g/mol. The molecule has 0 saturated carbocycles. The van der Waals surface area contributed by atoms with E-state index in [0.717, 1.165) is 3.87 Å². The number of carbonyl (C=O) groups excluding carboxylic acids is 1. The molecule has 0 heterocycles. The van der Waals surface area contributed by atoms with E-state index in [-0.39, 0.29) is 4.21 Å². The molecule has 0 aromatic heterocycles. The van der Waals surface area contributed by atoms with Crippen LogP contribution in [0.15, 0.2) is 30.3 Å². The molecule has 1 amide bonds. The van der Waals surface area contributed by atoms with E-state index < -0.39 is 19.2 Å². The van der Waals surface area contributed by atoms with Gasteiger partial charge in [0.15, 0.2) is 0 Å². The fourth-order valence-electron chi connectivity index (χ4n) is 0.664. The number of hydrogen-bond acceptors (Lipinski definition) is 1. The Balaban J connectivity index is 2.67. The normalized spacial score (nSPS) is 8.80. The molecule has 0 bridgehead atoms. The molecule has 10 heavy (non-hydrogen) atoms. The quantitative estimate of drug-likeness (QED) is 0.642. The van der Waals surface area contributed by atoms with Gasteiger partial charge in [-0.15, -0.1) is 0 Å². The Morgan fingerprint density at radius 3 is 2.40 bits per heavy atom. The first-order chi connectivity index (χ1) is 4.79. The molecule has 0 radical (unpaired) electrons. The van der Waals surface area contributed by atoms with E-state index >= 15 is 0 Å². The second-order valence-electron chi connectivity index (χ2n) is 1.86. The van der Waals surface area contributed by atoms with E-state index in [9.17, 15) is 4.79 Å². The van der Waals surface area contributed by atoms with Crippen LogP contribution in [0.3, 0.4) is 0 Å². The molecule has 2 N–H and O–H groups in total. The second kappa shape index (κ2) is 3.54. The molecule has 1 rings (SSSR count). The first-order valence-corrected chi connectivity index (χ1v) is 4.47. The third-order valence-corrected chi connectivity index (χ3v) is 2.40. The summed E-state index contributed by atoms with van der Waals surface area (Å²) in [5.74, 6) is 0. The summed E-state index contributed by atoms with van der Waals surface area (Å²) < 4.78 is 0.932. The summed E-state index contributed by atoms with van der Waals surface area (Å²) in [6.45, 7) is 0. The van der Waals surface area contributed by atoms with E-state index in [1.807, 2.05) is 30.3 Å². The fourth-order valence-corrected chi connectivity index (χ4v) is 1.67. The Hall–Kier alpha value is -0.596. The van der Waals surface area contributed by atoms with Gasteiger partial charge in [-0.1, -0.05) is 0 Å². The zero-order chi connectivity index (χ0) is 7.40. The molecule has 1 aromatic rings. The zero-order valence-electron chi connectivity index (χ0n) is 5.37. The summed E-state index contributed by atoms with van der Waals surface area (Å²) in [6, 6.07) is 9.63. The van der Waals surface area contributed by atoms with Crippen molar-refractivity contribution in [2.75, 3.05) is 0 Å². The van der Waals surface area contributed by atoms with E-state index in [1.54, 1.807) is 0 Å². The molecule has 1 aromatic carbocycles. The molecule has 3 heteroatoms. The van der Waals surface area contributed by atoms with Crippen molar-refractivity contribution in [3.63, 3.8) is 0 Å². The number of rotatable bonds is 2. The van der Waals surface area contributed by atoms with Crippen molar-refractivity contribution in [1.29, 1.82) is 0 Å². The van der Waals surface area contributed by atoms with Gasteiger partial charge in [0.25, 0.3) is 0 Å². The summed E-state index contributed by atoms with van der Waals surface area (Å²) >= 11 is -0.721. The number of primary amides is 1. The number of carbonyl (C=O) groups is 1. The minimum absolute atomic E-state index is 0.161. The van der Waals surface area contributed by atoms with Crippen molar-refractivity contribution in [2.45, 2.75) is 0 Å². The summed E-state index contributed by atoms with van der Waals surface area (Å²) in [5, 5.41) is 0. The average Bonchev–Trinajstić information content (AvgIpc) is 1.88. The van der Waals surface area contributed by atoms with Crippen LogP contribution in [0.2, 0.25) is 0 Å². The van der Waals surface area contributed by atoms with Crippen LogP contribution in [0.4, 0.5) is 4.79 Å². The van der Waals surface area contributed by atoms with Crippen molar-refractivity contribution in [3.8, 4) is 0 Å². The van der Waals surface area contributed by atoms with Crippen molar-refractivity contribution in [3.05, 3.63) is 30.3 Å². The van der Waals surface area contributed by atoms with Crippen molar-refractivity contribution >= 4 is 8.08 Å². The topological polar surface area (TPSA) is 43.1 Å². The molecule has 0 spiro atoms. The molecular formula is C7H7NOTi. The predicted molar refractivity (Wildman–Crippen MR) is 35.7 cm³/mol. The van der Waals surface area contributed by atoms with Crippen LogP contribution in [0.1, 0.15) is 0 Å². The van der Waals surface area contributed by atoms with Crippen LogP contribution in [-0.2, 0) is 19.2 Å². The van der Waals surface area contributed by atoms with Gasteiger partial charge < -0.3 is 0 Å². The average molecular weight is 169 g/mol. The van der Waals surface area contributed by atoms with Gasteiger partial charge in [0.2, 0.25) is 0 Å². The maximum absolute atomic E-state index is 10.4. The Morgan fingerprint density at radius 1 is 1.30 bits per heavy atom. The molecule has 50 valence electrons. The summed E-state index contributed by atoms with van der Waals surface area (Å²) in [7, 11) is 0. The minimum atomic E-state index is -0.721. The molecule has 0 aliphatic carbocycles. The standard InChI is InChI=1S/C6H5.CH2NO.Ti/c1-2-4-6-5-3-1;2-1-3;/h1-5H;(H2,2,3);. The Morgan fingerprint density at radius 2 is 1.90 bits per heavy atom. The molecule has 0 aliphatic rings. The van der Waals surface area contributed by atoms with E-state index in [4.69, 9.17) is 5.73 Å².